The van der Waals surface area contributed by atoms with Crippen LogP contribution in [-0.4, -0.2) is 68.5 Å². The number of unbranched alkanes of at least 4 members (excludes halogenated alkanes) is 13. The molecule has 9 heteroatoms. The minimum atomic E-state index is -4.55. The number of hydrogen-bond acceptors (Lipinski definition) is 6. The molecule has 0 aliphatic heterocycles. The van der Waals surface area contributed by atoms with Crippen LogP contribution in [0.25, 0.3) is 0 Å². The Morgan fingerprint density at radius 3 is 1.97 bits per heavy atom. The molecule has 0 aromatic heterocycles. The second kappa shape index (κ2) is 23.0. The Kier molecular flexibility index (Phi) is 22.5. The Labute approximate surface area is 233 Å². The van der Waals surface area contributed by atoms with Crippen molar-refractivity contribution in [1.29, 1.82) is 0 Å². The molecule has 1 amide bonds. The number of rotatable bonds is 26. The van der Waals surface area contributed by atoms with E-state index < -0.39 is 20.0 Å². The lowest BCUT2D eigenvalue weighted by Gasteiger charge is -2.29. The van der Waals surface area contributed by atoms with Crippen LogP contribution in [0.1, 0.15) is 117 Å². The first-order valence-electron chi connectivity index (χ1n) is 15.1. The zero-order valence-electron chi connectivity index (χ0n) is 25.1. The van der Waals surface area contributed by atoms with Gasteiger partial charge in [-0.05, 0) is 19.3 Å². The second-order valence-corrected chi connectivity index (χ2v) is 12.9. The summed E-state index contributed by atoms with van der Waals surface area (Å²) in [6, 6.07) is -0.873. The summed E-state index contributed by atoms with van der Waals surface area (Å²) in [5.41, 5.74) is 0. The third-order valence-electron chi connectivity index (χ3n) is 6.50. The van der Waals surface area contributed by atoms with Gasteiger partial charge in [-0.25, -0.2) is 0 Å². The van der Waals surface area contributed by atoms with Crippen LogP contribution in [0.4, 0.5) is 0 Å². The van der Waals surface area contributed by atoms with Crippen LogP contribution < -0.4 is 10.2 Å². The van der Waals surface area contributed by atoms with Crippen LogP contribution in [0.5, 0.6) is 0 Å². The van der Waals surface area contributed by atoms with Crippen LogP contribution in [0.15, 0.2) is 12.2 Å². The Morgan fingerprint density at radius 1 is 0.895 bits per heavy atom. The minimum absolute atomic E-state index is 0.000262. The van der Waals surface area contributed by atoms with Crippen LogP contribution in [-0.2, 0) is 18.4 Å². The average Bonchev–Trinajstić information content (AvgIpc) is 2.83. The molecule has 0 aliphatic rings. The molecule has 38 heavy (non-hydrogen) atoms. The highest BCUT2D eigenvalue weighted by Gasteiger charge is 2.23. The number of carbonyl (C=O) groups is 1. The number of aliphatic hydroxyl groups is 1. The molecule has 226 valence electrons. The molecule has 0 aromatic rings. The number of phosphoric acid groups is 1. The standard InChI is InChI=1S/C29H59N2O6P/c1-6-8-10-11-12-13-14-15-16-17-18-19-21-22-28(32)27(30-29(33)23-20-9-7-2)26-37-38(34,35)36-25-24-31(3,4)5/h21-22,27-28,32H,6-20,23-26H2,1-5H3,(H-,30,33,34,35)/b22-21+/t27-,28+/m0/s1. The number of aliphatic hydroxyl groups excluding tert-OH is 1. The van der Waals surface area contributed by atoms with Crippen molar-refractivity contribution < 1.29 is 32.9 Å². The first-order chi connectivity index (χ1) is 18.0. The van der Waals surface area contributed by atoms with Crippen LogP contribution >= 0.6 is 7.82 Å². The van der Waals surface area contributed by atoms with Crippen molar-refractivity contribution in [2.24, 2.45) is 0 Å². The van der Waals surface area contributed by atoms with Gasteiger partial charge in [0.25, 0.3) is 7.82 Å². The summed E-state index contributed by atoms with van der Waals surface area (Å²) < 4.78 is 22.7. The molecular formula is C29H59N2O6P. The SMILES string of the molecule is CCCCCCCCCCCCC/C=C/[C@@H](O)[C@H](COP(=O)([O-])OCC[N+](C)(C)C)NC(=O)CCCCC. The molecule has 0 rings (SSSR count). The van der Waals surface area contributed by atoms with E-state index in [1.54, 1.807) is 6.08 Å². The van der Waals surface area contributed by atoms with Gasteiger partial charge in [0.1, 0.15) is 13.2 Å². The summed E-state index contributed by atoms with van der Waals surface area (Å²) >= 11 is 0. The lowest BCUT2D eigenvalue weighted by Crippen LogP contribution is -2.45. The van der Waals surface area contributed by atoms with Gasteiger partial charge in [0.15, 0.2) is 0 Å². The summed E-state index contributed by atoms with van der Waals surface area (Å²) in [6.07, 6.45) is 20.4. The van der Waals surface area contributed by atoms with E-state index in [-0.39, 0.29) is 19.1 Å². The Bertz CT molecular complexity index is 653. The van der Waals surface area contributed by atoms with Gasteiger partial charge in [-0.3, -0.25) is 9.36 Å². The first kappa shape index (κ1) is 37.2. The Hall–Kier alpha value is -0.760. The van der Waals surface area contributed by atoms with Gasteiger partial charge >= 0.3 is 0 Å². The van der Waals surface area contributed by atoms with Gasteiger partial charge in [-0.2, -0.15) is 0 Å². The predicted molar refractivity (Wildman–Crippen MR) is 155 cm³/mol. The van der Waals surface area contributed by atoms with Gasteiger partial charge in [0.05, 0.1) is 39.9 Å². The van der Waals surface area contributed by atoms with E-state index in [1.165, 1.54) is 57.8 Å². The molecule has 0 bridgehead atoms. The van der Waals surface area contributed by atoms with Gasteiger partial charge in [-0.15, -0.1) is 0 Å². The quantitative estimate of drug-likeness (QED) is 0.0590. The molecule has 0 radical (unpaired) electrons. The van der Waals surface area contributed by atoms with E-state index in [9.17, 15) is 19.4 Å². The minimum Gasteiger partial charge on any atom is -0.756 e. The van der Waals surface area contributed by atoms with Crippen molar-refractivity contribution in [2.45, 2.75) is 129 Å². The molecule has 1 unspecified atom stereocenters. The Balaban J connectivity index is 4.49. The maximum absolute atomic E-state index is 12.3. The lowest BCUT2D eigenvalue weighted by atomic mass is 10.0. The first-order valence-corrected chi connectivity index (χ1v) is 16.5. The lowest BCUT2D eigenvalue weighted by molar-refractivity contribution is -0.870. The zero-order valence-corrected chi connectivity index (χ0v) is 26.0. The largest absolute Gasteiger partial charge is 0.756 e. The van der Waals surface area contributed by atoms with Crippen molar-refractivity contribution in [1.82, 2.24) is 5.32 Å². The van der Waals surface area contributed by atoms with E-state index in [0.717, 1.165) is 38.5 Å². The van der Waals surface area contributed by atoms with Crippen molar-refractivity contribution >= 4 is 13.7 Å². The number of likely N-dealkylation sites (N-methyl/N-ethyl adjacent to an activating group) is 1. The molecule has 0 aromatic carbocycles. The maximum atomic E-state index is 12.3. The molecule has 0 aliphatic carbocycles. The molecule has 0 fully saturated rings. The van der Waals surface area contributed by atoms with Crippen molar-refractivity contribution in [3.8, 4) is 0 Å². The van der Waals surface area contributed by atoms with Crippen molar-refractivity contribution in [2.75, 3.05) is 40.9 Å². The predicted octanol–water partition coefficient (Wildman–Crippen LogP) is 5.88. The van der Waals surface area contributed by atoms with Crippen LogP contribution in [0.3, 0.4) is 0 Å². The molecule has 0 saturated carbocycles. The number of carbonyl (C=O) groups excluding carboxylic acids is 1. The van der Waals surface area contributed by atoms with E-state index >= 15 is 0 Å². The average molecular weight is 563 g/mol. The third kappa shape index (κ3) is 24.3. The smallest absolute Gasteiger partial charge is 0.268 e. The van der Waals surface area contributed by atoms with E-state index in [1.807, 2.05) is 27.2 Å². The number of amides is 1. The van der Waals surface area contributed by atoms with Crippen LogP contribution in [0, 0.1) is 0 Å². The fraction of sp³-hybridized carbons (Fsp3) is 0.897. The highest BCUT2D eigenvalue weighted by atomic mass is 31.2. The molecule has 8 nitrogen and oxygen atoms in total. The van der Waals surface area contributed by atoms with Crippen molar-refractivity contribution in [3.05, 3.63) is 12.2 Å². The molecule has 2 N–H and O–H groups in total. The van der Waals surface area contributed by atoms with Gasteiger partial charge in [0.2, 0.25) is 5.91 Å². The number of phosphoric ester groups is 1. The summed E-state index contributed by atoms with van der Waals surface area (Å²) in [5.74, 6) is -0.225. The third-order valence-corrected chi connectivity index (χ3v) is 7.46. The highest BCUT2D eigenvalue weighted by Crippen LogP contribution is 2.38. The van der Waals surface area contributed by atoms with Gasteiger partial charge < -0.3 is 28.8 Å². The number of allylic oxidation sites excluding steroid dienone is 1. The fourth-order valence-electron chi connectivity index (χ4n) is 3.97. The number of nitrogens with one attached hydrogen (secondary N) is 1. The summed E-state index contributed by atoms with van der Waals surface area (Å²) in [6.45, 7) is 4.42. The Morgan fingerprint density at radius 2 is 1.42 bits per heavy atom. The molecule has 0 heterocycles. The van der Waals surface area contributed by atoms with Gasteiger partial charge in [0, 0.05) is 6.42 Å². The monoisotopic (exact) mass is 562 g/mol. The molecule has 0 saturated heterocycles. The summed E-state index contributed by atoms with van der Waals surface area (Å²) in [4.78, 5) is 24.5. The molecule has 0 spiro atoms. The highest BCUT2D eigenvalue weighted by molar-refractivity contribution is 7.45. The normalized spacial score (nSPS) is 15.4. The maximum Gasteiger partial charge on any atom is 0.268 e. The van der Waals surface area contributed by atoms with E-state index in [2.05, 4.69) is 19.2 Å². The molecule has 3 atom stereocenters. The number of quaternary nitrogens is 1. The van der Waals surface area contributed by atoms with Gasteiger partial charge in [-0.1, -0.05) is 103 Å². The topological polar surface area (TPSA) is 108 Å². The zero-order chi connectivity index (χ0) is 28.7. The van der Waals surface area contributed by atoms with Crippen LogP contribution in [0.2, 0.25) is 0 Å². The second-order valence-electron chi connectivity index (χ2n) is 11.5. The van der Waals surface area contributed by atoms with Crippen molar-refractivity contribution in [3.63, 3.8) is 0 Å². The van der Waals surface area contributed by atoms with E-state index in [0.29, 0.717) is 17.4 Å². The number of nitrogens with zero attached hydrogens (tertiary/aromatic N) is 1. The summed E-state index contributed by atoms with van der Waals surface area (Å²) in [7, 11) is 1.25. The summed E-state index contributed by atoms with van der Waals surface area (Å²) in [5, 5.41) is 13.4. The molecular weight excluding hydrogens is 503 g/mol. The number of hydrogen-bond donors (Lipinski definition) is 2. The van der Waals surface area contributed by atoms with E-state index in [4.69, 9.17) is 9.05 Å². The fourth-order valence-corrected chi connectivity index (χ4v) is 4.69.